The van der Waals surface area contributed by atoms with Crippen molar-refractivity contribution in [1.82, 2.24) is 5.43 Å². The first-order valence-corrected chi connectivity index (χ1v) is 7.01. The molecule has 0 saturated carbocycles. The van der Waals surface area contributed by atoms with Crippen molar-refractivity contribution in [1.29, 1.82) is 0 Å². The van der Waals surface area contributed by atoms with Crippen LogP contribution >= 0.6 is 0 Å². The van der Waals surface area contributed by atoms with E-state index in [1.54, 1.807) is 0 Å². The highest BCUT2D eigenvalue weighted by molar-refractivity contribution is 5.95. The molecule has 3 heteroatoms. The van der Waals surface area contributed by atoms with Gasteiger partial charge < -0.3 is 0 Å². The van der Waals surface area contributed by atoms with Crippen molar-refractivity contribution in [3.05, 3.63) is 34.9 Å². The molecule has 0 aliphatic carbocycles. The SMILES string of the molecule is CCCC(CCC)=NNC(=O)c1ccc(C)c(C)c1. The van der Waals surface area contributed by atoms with Crippen LogP contribution in [0.2, 0.25) is 0 Å². The van der Waals surface area contributed by atoms with Crippen LogP contribution in [0.4, 0.5) is 0 Å². The second kappa shape index (κ2) is 7.72. The van der Waals surface area contributed by atoms with Gasteiger partial charge in [0, 0.05) is 11.3 Å². The molecule has 0 atom stereocenters. The Kier molecular flexibility index (Phi) is 6.26. The second-order valence-electron chi connectivity index (χ2n) is 4.92. The summed E-state index contributed by atoms with van der Waals surface area (Å²) in [5.74, 6) is -0.132. The van der Waals surface area contributed by atoms with E-state index in [4.69, 9.17) is 0 Å². The number of hydrogen-bond donors (Lipinski definition) is 1. The smallest absolute Gasteiger partial charge is 0.267 e. The molecule has 1 amide bonds. The van der Waals surface area contributed by atoms with E-state index in [1.165, 1.54) is 5.56 Å². The zero-order valence-corrected chi connectivity index (χ0v) is 12.4. The number of benzene rings is 1. The summed E-state index contributed by atoms with van der Waals surface area (Å²) in [6, 6.07) is 5.71. The molecule has 0 aliphatic heterocycles. The van der Waals surface area contributed by atoms with Gasteiger partial charge in [-0.25, -0.2) is 5.43 Å². The summed E-state index contributed by atoms with van der Waals surface area (Å²) in [6.45, 7) is 8.29. The van der Waals surface area contributed by atoms with E-state index in [-0.39, 0.29) is 5.91 Å². The topological polar surface area (TPSA) is 41.5 Å². The quantitative estimate of drug-likeness (QED) is 0.610. The fourth-order valence-corrected chi connectivity index (χ4v) is 1.89. The van der Waals surface area contributed by atoms with Crippen molar-refractivity contribution < 1.29 is 4.79 Å². The van der Waals surface area contributed by atoms with E-state index in [0.717, 1.165) is 37.0 Å². The van der Waals surface area contributed by atoms with Gasteiger partial charge in [-0.05, 0) is 49.9 Å². The van der Waals surface area contributed by atoms with Crippen LogP contribution in [0.25, 0.3) is 0 Å². The predicted octanol–water partition coefficient (Wildman–Crippen LogP) is 3.99. The molecule has 0 saturated heterocycles. The molecule has 3 nitrogen and oxygen atoms in total. The summed E-state index contributed by atoms with van der Waals surface area (Å²) >= 11 is 0. The average molecular weight is 260 g/mol. The molecule has 1 aromatic rings. The van der Waals surface area contributed by atoms with Crippen LogP contribution in [0.1, 0.15) is 61.0 Å². The molecule has 1 aromatic carbocycles. The molecule has 1 N–H and O–H groups in total. The predicted molar refractivity (Wildman–Crippen MR) is 80.6 cm³/mol. The normalized spacial score (nSPS) is 10.1. The van der Waals surface area contributed by atoms with E-state index >= 15 is 0 Å². The number of hydrazone groups is 1. The number of aryl methyl sites for hydroxylation is 2. The maximum Gasteiger partial charge on any atom is 0.271 e. The van der Waals surface area contributed by atoms with Crippen molar-refractivity contribution in [3.63, 3.8) is 0 Å². The highest BCUT2D eigenvalue weighted by Gasteiger charge is 2.06. The molecule has 0 spiro atoms. The minimum absolute atomic E-state index is 0.132. The van der Waals surface area contributed by atoms with Crippen LogP contribution in [-0.4, -0.2) is 11.6 Å². The summed E-state index contributed by atoms with van der Waals surface area (Å²) in [7, 11) is 0. The van der Waals surface area contributed by atoms with Crippen molar-refractivity contribution in [2.75, 3.05) is 0 Å². The van der Waals surface area contributed by atoms with Crippen molar-refractivity contribution in [3.8, 4) is 0 Å². The largest absolute Gasteiger partial charge is 0.271 e. The fourth-order valence-electron chi connectivity index (χ4n) is 1.89. The van der Waals surface area contributed by atoms with Gasteiger partial charge in [0.2, 0.25) is 0 Å². The standard InChI is InChI=1S/C16H24N2O/c1-5-7-15(8-6-2)17-18-16(19)14-10-9-12(3)13(4)11-14/h9-11H,5-8H2,1-4H3,(H,18,19). The molecule has 104 valence electrons. The first-order valence-electron chi connectivity index (χ1n) is 7.01. The molecule has 0 radical (unpaired) electrons. The molecule has 1 rings (SSSR count). The Bertz CT molecular complexity index is 456. The van der Waals surface area contributed by atoms with Crippen molar-refractivity contribution >= 4 is 11.6 Å². The summed E-state index contributed by atoms with van der Waals surface area (Å²) in [6.07, 6.45) is 4.00. The highest BCUT2D eigenvalue weighted by atomic mass is 16.2. The third-order valence-corrected chi connectivity index (χ3v) is 3.16. The van der Waals surface area contributed by atoms with Gasteiger partial charge in [-0.2, -0.15) is 5.10 Å². The number of nitrogens with one attached hydrogen (secondary N) is 1. The minimum Gasteiger partial charge on any atom is -0.267 e. The molecule has 0 aromatic heterocycles. The number of rotatable bonds is 6. The van der Waals surface area contributed by atoms with Crippen molar-refractivity contribution in [2.24, 2.45) is 5.10 Å². The third kappa shape index (κ3) is 4.86. The van der Waals surface area contributed by atoms with Crippen LogP contribution in [0.5, 0.6) is 0 Å². The van der Waals surface area contributed by atoms with Gasteiger partial charge in [-0.3, -0.25) is 4.79 Å². The average Bonchev–Trinajstić information content (AvgIpc) is 2.39. The Morgan fingerprint density at radius 2 is 1.74 bits per heavy atom. The van der Waals surface area contributed by atoms with Crippen LogP contribution in [0.3, 0.4) is 0 Å². The molecule has 0 unspecified atom stereocenters. The molecule has 0 bridgehead atoms. The number of carbonyl (C=O) groups is 1. The van der Waals surface area contributed by atoms with Crippen LogP contribution in [-0.2, 0) is 0 Å². The Balaban J connectivity index is 2.72. The van der Waals surface area contributed by atoms with E-state index < -0.39 is 0 Å². The van der Waals surface area contributed by atoms with Gasteiger partial charge in [0.25, 0.3) is 5.91 Å². The summed E-state index contributed by atoms with van der Waals surface area (Å²) in [4.78, 5) is 12.0. The molecule has 0 aliphatic rings. The monoisotopic (exact) mass is 260 g/mol. The van der Waals surface area contributed by atoms with E-state index in [0.29, 0.717) is 5.56 Å². The Hall–Kier alpha value is -1.64. The van der Waals surface area contributed by atoms with Gasteiger partial charge in [0.1, 0.15) is 0 Å². The zero-order valence-electron chi connectivity index (χ0n) is 12.4. The van der Waals surface area contributed by atoms with Gasteiger partial charge in [-0.15, -0.1) is 0 Å². The summed E-state index contributed by atoms with van der Waals surface area (Å²) in [5.41, 5.74) is 6.72. The summed E-state index contributed by atoms with van der Waals surface area (Å²) in [5, 5.41) is 4.25. The molecular formula is C16H24N2O. The van der Waals surface area contributed by atoms with Crippen LogP contribution < -0.4 is 5.43 Å². The number of hydrogen-bond acceptors (Lipinski definition) is 2. The van der Waals surface area contributed by atoms with Gasteiger partial charge in [-0.1, -0.05) is 32.8 Å². The fraction of sp³-hybridized carbons (Fsp3) is 0.500. The number of amides is 1. The summed E-state index contributed by atoms with van der Waals surface area (Å²) < 4.78 is 0. The maximum absolute atomic E-state index is 12.0. The van der Waals surface area contributed by atoms with E-state index in [2.05, 4.69) is 24.4 Å². The minimum atomic E-state index is -0.132. The van der Waals surface area contributed by atoms with Crippen LogP contribution in [0, 0.1) is 13.8 Å². The van der Waals surface area contributed by atoms with Gasteiger partial charge in [0.05, 0.1) is 0 Å². The van der Waals surface area contributed by atoms with E-state index in [1.807, 2.05) is 32.0 Å². The van der Waals surface area contributed by atoms with Gasteiger partial charge in [0.15, 0.2) is 0 Å². The Morgan fingerprint density at radius 1 is 1.11 bits per heavy atom. The lowest BCUT2D eigenvalue weighted by Gasteiger charge is -2.06. The Labute approximate surface area is 116 Å². The zero-order chi connectivity index (χ0) is 14.3. The van der Waals surface area contributed by atoms with Gasteiger partial charge >= 0.3 is 0 Å². The number of nitrogens with zero attached hydrogens (tertiary/aromatic N) is 1. The third-order valence-electron chi connectivity index (χ3n) is 3.16. The molecule has 0 heterocycles. The molecule has 19 heavy (non-hydrogen) atoms. The first-order chi connectivity index (χ1) is 9.08. The lowest BCUT2D eigenvalue weighted by Crippen LogP contribution is -2.20. The molecule has 0 fully saturated rings. The highest BCUT2D eigenvalue weighted by Crippen LogP contribution is 2.09. The lowest BCUT2D eigenvalue weighted by atomic mass is 10.1. The van der Waals surface area contributed by atoms with Crippen LogP contribution in [0.15, 0.2) is 23.3 Å². The number of carbonyl (C=O) groups excluding carboxylic acids is 1. The Morgan fingerprint density at radius 3 is 2.26 bits per heavy atom. The van der Waals surface area contributed by atoms with E-state index in [9.17, 15) is 4.79 Å². The lowest BCUT2D eigenvalue weighted by molar-refractivity contribution is 0.0954. The maximum atomic E-state index is 12.0. The molecular weight excluding hydrogens is 236 g/mol. The van der Waals surface area contributed by atoms with Crippen molar-refractivity contribution in [2.45, 2.75) is 53.4 Å². The second-order valence-corrected chi connectivity index (χ2v) is 4.92. The first kappa shape index (κ1) is 15.4.